The van der Waals surface area contributed by atoms with E-state index >= 15 is 0 Å². The number of carbonyl (C=O) groups excluding carboxylic acids is 2. The van der Waals surface area contributed by atoms with E-state index in [0.29, 0.717) is 24.8 Å². The lowest BCUT2D eigenvalue weighted by Gasteiger charge is -2.29. The number of esters is 2. The minimum atomic E-state index is -1.85. The number of aliphatic hydroxyl groups excluding tert-OH is 1. The average molecular weight is 322 g/mol. The molecule has 1 heterocycles. The van der Waals surface area contributed by atoms with Gasteiger partial charge in [-0.15, -0.1) is 0 Å². The Bertz CT molecular complexity index is 582. The van der Waals surface area contributed by atoms with Crippen molar-refractivity contribution in [3.63, 3.8) is 0 Å². The Morgan fingerprint density at radius 3 is 2.83 bits per heavy atom. The second-order valence-corrected chi connectivity index (χ2v) is 6.84. The van der Waals surface area contributed by atoms with Crippen LogP contribution in [0.1, 0.15) is 26.2 Å². The maximum Gasteiger partial charge on any atom is 0.342 e. The Labute approximate surface area is 134 Å². The van der Waals surface area contributed by atoms with Crippen molar-refractivity contribution in [3.8, 4) is 0 Å². The van der Waals surface area contributed by atoms with E-state index in [1.165, 1.54) is 6.92 Å². The molecule has 0 unspecified atom stereocenters. The molecule has 0 bridgehead atoms. The van der Waals surface area contributed by atoms with Crippen LogP contribution in [0.15, 0.2) is 24.3 Å². The predicted molar refractivity (Wildman–Crippen MR) is 80.1 cm³/mol. The van der Waals surface area contributed by atoms with Gasteiger partial charge in [-0.25, -0.2) is 4.79 Å². The molecule has 3 aliphatic rings. The van der Waals surface area contributed by atoms with Crippen LogP contribution in [-0.2, 0) is 19.1 Å². The standard InChI is InChI=1S/C17H22O6/c1-8-4-5-12-15(14-9(2)13(19)6-11(8)14)23-16(20)17(12,21)7-22-10(3)18/h11-15,19,21H,1-2,4-7H2,3H3/t11-,12-,13+,14-,15+,17+/m0/s1. The fraction of sp³-hybridized carbons (Fsp3) is 0.647. The summed E-state index contributed by atoms with van der Waals surface area (Å²) in [6.07, 6.45) is 0.439. The van der Waals surface area contributed by atoms with E-state index < -0.39 is 42.3 Å². The van der Waals surface area contributed by atoms with Crippen molar-refractivity contribution in [2.45, 2.75) is 44.0 Å². The number of ether oxygens (including phenoxy) is 2. The Morgan fingerprint density at radius 2 is 2.17 bits per heavy atom. The Kier molecular flexibility index (Phi) is 3.84. The molecule has 2 aliphatic carbocycles. The zero-order valence-electron chi connectivity index (χ0n) is 13.2. The predicted octanol–water partition coefficient (Wildman–Crippen LogP) is 0.725. The first-order chi connectivity index (χ1) is 10.8. The minimum Gasteiger partial charge on any atom is -0.462 e. The molecular weight excluding hydrogens is 300 g/mol. The van der Waals surface area contributed by atoms with Crippen LogP contribution in [0, 0.1) is 17.8 Å². The van der Waals surface area contributed by atoms with E-state index in [0.717, 1.165) is 5.57 Å². The number of aliphatic hydroxyl groups is 2. The summed E-state index contributed by atoms with van der Waals surface area (Å²) in [5.41, 5.74) is -0.246. The molecule has 3 fully saturated rings. The molecule has 0 aromatic carbocycles. The van der Waals surface area contributed by atoms with Crippen LogP contribution in [0.2, 0.25) is 0 Å². The van der Waals surface area contributed by atoms with Gasteiger partial charge in [0.2, 0.25) is 5.60 Å². The monoisotopic (exact) mass is 322 g/mol. The fourth-order valence-electron chi connectivity index (χ4n) is 4.24. The van der Waals surface area contributed by atoms with E-state index in [-0.39, 0.29) is 11.8 Å². The summed E-state index contributed by atoms with van der Waals surface area (Å²) in [6.45, 7) is 8.86. The highest BCUT2D eigenvalue weighted by molar-refractivity contribution is 5.83. The first-order valence-corrected chi connectivity index (χ1v) is 7.87. The van der Waals surface area contributed by atoms with Crippen molar-refractivity contribution in [1.29, 1.82) is 0 Å². The van der Waals surface area contributed by atoms with Crippen molar-refractivity contribution < 1.29 is 29.3 Å². The molecule has 6 atom stereocenters. The van der Waals surface area contributed by atoms with Gasteiger partial charge in [0.1, 0.15) is 12.7 Å². The van der Waals surface area contributed by atoms with Crippen molar-refractivity contribution in [2.75, 3.05) is 6.61 Å². The molecular formula is C17H22O6. The van der Waals surface area contributed by atoms with Crippen LogP contribution in [0.3, 0.4) is 0 Å². The molecule has 23 heavy (non-hydrogen) atoms. The molecule has 0 aromatic heterocycles. The Balaban J connectivity index is 1.93. The van der Waals surface area contributed by atoms with Crippen LogP contribution in [0.25, 0.3) is 0 Å². The highest BCUT2D eigenvalue weighted by Crippen LogP contribution is 2.53. The van der Waals surface area contributed by atoms with Gasteiger partial charge in [-0.3, -0.25) is 4.79 Å². The summed E-state index contributed by atoms with van der Waals surface area (Å²) in [6, 6.07) is 0. The van der Waals surface area contributed by atoms with E-state index in [1.807, 2.05) is 0 Å². The first kappa shape index (κ1) is 16.2. The van der Waals surface area contributed by atoms with E-state index in [2.05, 4.69) is 13.2 Å². The smallest absolute Gasteiger partial charge is 0.342 e. The molecule has 2 saturated carbocycles. The lowest BCUT2D eigenvalue weighted by molar-refractivity contribution is -0.166. The molecule has 1 aliphatic heterocycles. The molecule has 126 valence electrons. The highest BCUT2D eigenvalue weighted by Gasteiger charge is 2.62. The van der Waals surface area contributed by atoms with E-state index in [4.69, 9.17) is 9.47 Å². The van der Waals surface area contributed by atoms with E-state index in [9.17, 15) is 19.8 Å². The lowest BCUT2D eigenvalue weighted by atomic mass is 9.78. The lowest BCUT2D eigenvalue weighted by Crippen LogP contribution is -2.47. The molecule has 3 rings (SSSR count). The van der Waals surface area contributed by atoms with Gasteiger partial charge in [0.25, 0.3) is 0 Å². The molecule has 1 saturated heterocycles. The number of hydrogen-bond acceptors (Lipinski definition) is 6. The van der Waals surface area contributed by atoms with Crippen molar-refractivity contribution >= 4 is 11.9 Å². The van der Waals surface area contributed by atoms with Crippen LogP contribution in [0.4, 0.5) is 0 Å². The van der Waals surface area contributed by atoms with Gasteiger partial charge in [-0.1, -0.05) is 18.7 Å². The zero-order chi connectivity index (χ0) is 16.9. The van der Waals surface area contributed by atoms with E-state index in [1.54, 1.807) is 0 Å². The molecule has 6 heteroatoms. The second-order valence-electron chi connectivity index (χ2n) is 6.84. The summed E-state index contributed by atoms with van der Waals surface area (Å²) < 4.78 is 10.4. The molecule has 2 N–H and O–H groups in total. The maximum atomic E-state index is 12.3. The van der Waals surface area contributed by atoms with Crippen LogP contribution >= 0.6 is 0 Å². The van der Waals surface area contributed by atoms with Crippen LogP contribution in [0.5, 0.6) is 0 Å². The number of allylic oxidation sites excluding steroid dienone is 1. The Morgan fingerprint density at radius 1 is 1.48 bits per heavy atom. The molecule has 0 aromatic rings. The summed E-state index contributed by atoms with van der Waals surface area (Å²) in [5.74, 6) is -2.10. The van der Waals surface area contributed by atoms with Gasteiger partial charge in [-0.05, 0) is 30.8 Å². The van der Waals surface area contributed by atoms with Gasteiger partial charge in [0.05, 0.1) is 6.10 Å². The third-order valence-corrected chi connectivity index (χ3v) is 5.52. The summed E-state index contributed by atoms with van der Waals surface area (Å²) >= 11 is 0. The highest BCUT2D eigenvalue weighted by atomic mass is 16.6. The second kappa shape index (κ2) is 5.46. The molecule has 6 nitrogen and oxygen atoms in total. The van der Waals surface area contributed by atoms with Gasteiger partial charge in [0, 0.05) is 18.8 Å². The van der Waals surface area contributed by atoms with Crippen molar-refractivity contribution in [2.24, 2.45) is 17.8 Å². The SMILES string of the molecule is C=C1[C@@H]2[C@@H]3OC(=O)[C@@](O)(COC(C)=O)[C@H]3CCC(=C)[C@@H]2C[C@H]1O. The summed E-state index contributed by atoms with van der Waals surface area (Å²) in [4.78, 5) is 23.3. The normalized spacial score (nSPS) is 42.7. The number of fused-ring (bicyclic) bond motifs is 3. The maximum absolute atomic E-state index is 12.3. The van der Waals surface area contributed by atoms with Gasteiger partial charge in [0.15, 0.2) is 0 Å². The molecule has 0 spiro atoms. The largest absolute Gasteiger partial charge is 0.462 e. The fourth-order valence-corrected chi connectivity index (χ4v) is 4.24. The number of carbonyl (C=O) groups is 2. The van der Waals surface area contributed by atoms with Crippen LogP contribution in [-0.4, -0.2) is 46.6 Å². The summed E-state index contributed by atoms with van der Waals surface area (Å²) in [5, 5.41) is 20.9. The quantitative estimate of drug-likeness (QED) is 0.575. The minimum absolute atomic E-state index is 0.00336. The zero-order valence-corrected chi connectivity index (χ0v) is 13.2. The molecule has 0 radical (unpaired) electrons. The van der Waals surface area contributed by atoms with Crippen molar-refractivity contribution in [3.05, 3.63) is 24.3 Å². The van der Waals surface area contributed by atoms with Crippen molar-refractivity contribution in [1.82, 2.24) is 0 Å². The number of hydrogen-bond donors (Lipinski definition) is 2. The molecule has 0 amide bonds. The number of rotatable bonds is 2. The average Bonchev–Trinajstić information content (AvgIpc) is 2.85. The summed E-state index contributed by atoms with van der Waals surface area (Å²) in [7, 11) is 0. The third kappa shape index (κ3) is 2.40. The van der Waals surface area contributed by atoms with Gasteiger partial charge >= 0.3 is 11.9 Å². The Hall–Kier alpha value is -1.66. The third-order valence-electron chi connectivity index (χ3n) is 5.52. The van der Waals surface area contributed by atoms with Gasteiger partial charge in [-0.2, -0.15) is 0 Å². The first-order valence-electron chi connectivity index (χ1n) is 7.87. The topological polar surface area (TPSA) is 93.1 Å². The van der Waals surface area contributed by atoms with Crippen LogP contribution < -0.4 is 0 Å². The van der Waals surface area contributed by atoms with Gasteiger partial charge < -0.3 is 19.7 Å².